The lowest BCUT2D eigenvalue weighted by molar-refractivity contribution is 0.226. The molecule has 1 heterocycles. The van der Waals surface area contributed by atoms with Crippen LogP contribution < -0.4 is 0 Å². The quantitative estimate of drug-likeness (QED) is 0.413. The zero-order chi connectivity index (χ0) is 7.56. The van der Waals surface area contributed by atoms with Crippen LogP contribution in [0.5, 0.6) is 0 Å². The second kappa shape index (κ2) is 3.26. The summed E-state index contributed by atoms with van der Waals surface area (Å²) < 4.78 is 0. The Morgan fingerprint density at radius 1 is 1.70 bits per heavy atom. The number of halogens is 2. The minimum absolute atomic E-state index is 0.425. The smallest absolute Gasteiger partial charge is 0.316 e. The van der Waals surface area contributed by atoms with Gasteiger partial charge in [-0.3, -0.25) is 4.79 Å². The molecule has 10 heavy (non-hydrogen) atoms. The molecule has 0 unspecified atom stereocenters. The second-order valence-corrected chi connectivity index (χ2v) is 2.92. The van der Waals surface area contributed by atoms with Gasteiger partial charge in [0.25, 0.3) is 0 Å². The van der Waals surface area contributed by atoms with Gasteiger partial charge >= 0.3 is 5.37 Å². The second-order valence-electron chi connectivity index (χ2n) is 2.11. The number of nitrogens with zero attached hydrogens (tertiary/aromatic N) is 1. The molecule has 0 spiro atoms. The van der Waals surface area contributed by atoms with E-state index in [1.54, 1.807) is 0 Å². The number of rotatable bonds is 0. The summed E-state index contributed by atoms with van der Waals surface area (Å²) in [6, 6.07) is 0. The zero-order valence-electron chi connectivity index (χ0n) is 5.31. The van der Waals surface area contributed by atoms with Crippen LogP contribution in [0.1, 0.15) is 6.42 Å². The summed E-state index contributed by atoms with van der Waals surface area (Å²) in [5.41, 5.74) is 0. The molecule has 0 aromatic carbocycles. The van der Waals surface area contributed by atoms with E-state index in [1.807, 2.05) is 6.08 Å². The van der Waals surface area contributed by atoms with Gasteiger partial charge in [-0.25, -0.2) is 0 Å². The SMILES string of the molecule is O=C(Cl)N1CCC=C(Cl)C1. The molecule has 0 N–H and O–H groups in total. The van der Waals surface area contributed by atoms with Crippen LogP contribution >= 0.6 is 23.2 Å². The van der Waals surface area contributed by atoms with Crippen molar-refractivity contribution >= 4 is 28.6 Å². The minimum Gasteiger partial charge on any atom is -0.324 e. The summed E-state index contributed by atoms with van der Waals surface area (Å²) in [7, 11) is 0. The van der Waals surface area contributed by atoms with Gasteiger partial charge in [-0.1, -0.05) is 17.7 Å². The summed E-state index contributed by atoms with van der Waals surface area (Å²) in [6.07, 6.45) is 2.70. The van der Waals surface area contributed by atoms with Crippen LogP contribution in [0.25, 0.3) is 0 Å². The van der Waals surface area contributed by atoms with Crippen molar-refractivity contribution in [2.24, 2.45) is 0 Å². The van der Waals surface area contributed by atoms with Crippen LogP contribution in [0.4, 0.5) is 4.79 Å². The fourth-order valence-electron chi connectivity index (χ4n) is 0.853. The van der Waals surface area contributed by atoms with E-state index < -0.39 is 5.37 Å². The molecular weight excluding hydrogens is 173 g/mol. The zero-order valence-corrected chi connectivity index (χ0v) is 6.82. The van der Waals surface area contributed by atoms with Gasteiger partial charge in [0.2, 0.25) is 0 Å². The third-order valence-corrected chi connectivity index (χ3v) is 1.87. The van der Waals surface area contributed by atoms with E-state index in [4.69, 9.17) is 23.2 Å². The van der Waals surface area contributed by atoms with Crippen molar-refractivity contribution in [3.8, 4) is 0 Å². The van der Waals surface area contributed by atoms with Gasteiger partial charge in [0.05, 0.1) is 6.54 Å². The van der Waals surface area contributed by atoms with E-state index in [1.165, 1.54) is 4.90 Å². The highest BCUT2D eigenvalue weighted by Gasteiger charge is 2.14. The number of carbonyl (C=O) groups excluding carboxylic acids is 1. The minimum atomic E-state index is -0.425. The molecular formula is C6H7Cl2NO. The van der Waals surface area contributed by atoms with Crippen LogP contribution in [0.2, 0.25) is 0 Å². The average molecular weight is 180 g/mol. The van der Waals surface area contributed by atoms with Gasteiger partial charge in [0, 0.05) is 11.6 Å². The van der Waals surface area contributed by atoms with Crippen molar-refractivity contribution in [2.45, 2.75) is 6.42 Å². The predicted molar refractivity (Wildman–Crippen MR) is 41.4 cm³/mol. The predicted octanol–water partition coefficient (Wildman–Crippen LogP) is 2.17. The maximum absolute atomic E-state index is 10.5. The topological polar surface area (TPSA) is 20.3 Å². The van der Waals surface area contributed by atoms with Crippen LogP contribution in [-0.2, 0) is 0 Å². The van der Waals surface area contributed by atoms with Crippen molar-refractivity contribution in [1.29, 1.82) is 0 Å². The standard InChI is InChI=1S/C6H7Cl2NO/c7-5-2-1-3-9(4-5)6(8)10/h2H,1,3-4H2. The lowest BCUT2D eigenvalue weighted by Gasteiger charge is -2.21. The van der Waals surface area contributed by atoms with E-state index >= 15 is 0 Å². The van der Waals surface area contributed by atoms with Crippen molar-refractivity contribution in [3.05, 3.63) is 11.1 Å². The lowest BCUT2D eigenvalue weighted by Crippen LogP contribution is -2.30. The van der Waals surface area contributed by atoms with Crippen molar-refractivity contribution < 1.29 is 4.79 Å². The molecule has 0 bridgehead atoms. The molecule has 0 saturated heterocycles. The molecule has 2 nitrogen and oxygen atoms in total. The highest BCUT2D eigenvalue weighted by molar-refractivity contribution is 6.62. The van der Waals surface area contributed by atoms with E-state index in [0.29, 0.717) is 18.1 Å². The number of amides is 1. The van der Waals surface area contributed by atoms with Gasteiger partial charge in [0.15, 0.2) is 0 Å². The summed E-state index contributed by atoms with van der Waals surface area (Å²) in [5.74, 6) is 0. The Kier molecular flexibility index (Phi) is 2.57. The molecule has 1 amide bonds. The largest absolute Gasteiger partial charge is 0.324 e. The first-order valence-corrected chi connectivity index (χ1v) is 3.74. The molecule has 0 aliphatic carbocycles. The highest BCUT2D eigenvalue weighted by atomic mass is 35.5. The molecule has 4 heteroatoms. The summed E-state index contributed by atoms with van der Waals surface area (Å²) in [4.78, 5) is 12.1. The molecule has 1 rings (SSSR count). The van der Waals surface area contributed by atoms with Gasteiger partial charge < -0.3 is 4.90 Å². The molecule has 1 aliphatic heterocycles. The van der Waals surface area contributed by atoms with E-state index in [-0.39, 0.29) is 0 Å². The number of hydrogen-bond acceptors (Lipinski definition) is 1. The molecule has 56 valence electrons. The first-order valence-electron chi connectivity index (χ1n) is 2.99. The molecule has 0 aromatic heterocycles. The Bertz CT molecular complexity index is 179. The normalized spacial score (nSPS) is 18.6. The maximum atomic E-state index is 10.5. The average Bonchev–Trinajstić information content (AvgIpc) is 1.88. The number of hydrogen-bond donors (Lipinski definition) is 0. The van der Waals surface area contributed by atoms with E-state index in [9.17, 15) is 4.79 Å². The van der Waals surface area contributed by atoms with Gasteiger partial charge in [-0.2, -0.15) is 0 Å². The molecule has 0 radical (unpaired) electrons. The van der Waals surface area contributed by atoms with Crippen LogP contribution in [0, 0.1) is 0 Å². The van der Waals surface area contributed by atoms with Gasteiger partial charge in [-0.05, 0) is 18.0 Å². The first-order chi connectivity index (χ1) is 4.70. The Morgan fingerprint density at radius 3 is 2.80 bits per heavy atom. The Balaban J connectivity index is 2.53. The summed E-state index contributed by atoms with van der Waals surface area (Å²) >= 11 is 10.9. The van der Waals surface area contributed by atoms with Gasteiger partial charge in [-0.15, -0.1) is 0 Å². The first kappa shape index (κ1) is 7.89. The van der Waals surface area contributed by atoms with E-state index in [2.05, 4.69) is 0 Å². The Hall–Kier alpha value is -0.210. The molecule has 0 fully saturated rings. The van der Waals surface area contributed by atoms with Crippen LogP contribution in [-0.4, -0.2) is 23.4 Å². The molecule has 0 atom stereocenters. The summed E-state index contributed by atoms with van der Waals surface area (Å²) in [6.45, 7) is 1.14. The van der Waals surface area contributed by atoms with E-state index in [0.717, 1.165) is 6.42 Å². The van der Waals surface area contributed by atoms with Crippen molar-refractivity contribution in [2.75, 3.05) is 13.1 Å². The van der Waals surface area contributed by atoms with Crippen molar-refractivity contribution in [3.63, 3.8) is 0 Å². The lowest BCUT2D eigenvalue weighted by atomic mass is 10.3. The third-order valence-electron chi connectivity index (χ3n) is 1.36. The van der Waals surface area contributed by atoms with Crippen LogP contribution in [0.3, 0.4) is 0 Å². The maximum Gasteiger partial charge on any atom is 0.316 e. The number of carbonyl (C=O) groups is 1. The highest BCUT2D eigenvalue weighted by Crippen LogP contribution is 2.13. The molecule has 0 aromatic rings. The fourth-order valence-corrected chi connectivity index (χ4v) is 1.25. The van der Waals surface area contributed by atoms with Gasteiger partial charge in [0.1, 0.15) is 0 Å². The molecule has 0 saturated carbocycles. The van der Waals surface area contributed by atoms with Crippen LogP contribution in [0.15, 0.2) is 11.1 Å². The monoisotopic (exact) mass is 179 g/mol. The molecule has 1 aliphatic rings. The third kappa shape index (κ3) is 1.89. The Morgan fingerprint density at radius 2 is 2.40 bits per heavy atom. The Labute approximate surface area is 69.4 Å². The summed E-state index contributed by atoms with van der Waals surface area (Å²) in [5, 5.41) is 0.270. The fraction of sp³-hybridized carbons (Fsp3) is 0.500. The van der Waals surface area contributed by atoms with Crippen molar-refractivity contribution in [1.82, 2.24) is 4.90 Å².